The van der Waals surface area contributed by atoms with Crippen LogP contribution in [-0.2, 0) is 0 Å². The molecule has 0 saturated carbocycles. The maximum atomic E-state index is 14.3. The van der Waals surface area contributed by atoms with Gasteiger partial charge >= 0.3 is 0 Å². The third-order valence-electron chi connectivity index (χ3n) is 7.16. The van der Waals surface area contributed by atoms with Crippen LogP contribution in [0.15, 0.2) is 79.1 Å². The molecule has 5 aromatic rings. The van der Waals surface area contributed by atoms with Crippen LogP contribution in [0.5, 0.6) is 5.75 Å². The molecule has 0 aliphatic carbocycles. The molecule has 2 aromatic heterocycles. The van der Waals surface area contributed by atoms with Crippen molar-refractivity contribution in [2.75, 3.05) is 31.1 Å². The fraction of sp³-hybridized carbons (Fsp3) is 0.194. The van der Waals surface area contributed by atoms with Gasteiger partial charge in [-0.3, -0.25) is 4.79 Å². The number of aromatic nitrogens is 3. The maximum Gasteiger partial charge on any atom is 0.252 e. The SMILES string of the molecule is Cc1cc(C(=O)NC(c2cc3ccccc3[nH]2)c2cc(F)ccc2O)cc(-c2ncc(N3CCNCC3)cn2)c1. The average molecular weight is 537 g/mol. The van der Waals surface area contributed by atoms with Crippen molar-refractivity contribution in [2.45, 2.75) is 13.0 Å². The molecule has 0 radical (unpaired) electrons. The van der Waals surface area contributed by atoms with Crippen molar-refractivity contribution in [1.29, 1.82) is 0 Å². The number of H-pyrrole nitrogens is 1. The Morgan fingerprint density at radius 3 is 2.58 bits per heavy atom. The number of carbonyl (C=O) groups excluding carboxylic acids is 1. The minimum atomic E-state index is -0.825. The number of nitrogens with one attached hydrogen (secondary N) is 3. The van der Waals surface area contributed by atoms with Gasteiger partial charge in [0.2, 0.25) is 0 Å². The predicted molar refractivity (Wildman–Crippen MR) is 153 cm³/mol. The molecule has 3 aromatic carbocycles. The summed E-state index contributed by atoms with van der Waals surface area (Å²) in [6, 6.07) is 17.9. The van der Waals surface area contributed by atoms with Crippen molar-refractivity contribution in [3.8, 4) is 17.1 Å². The highest BCUT2D eigenvalue weighted by atomic mass is 19.1. The van der Waals surface area contributed by atoms with Gasteiger partial charge < -0.3 is 25.6 Å². The zero-order valence-electron chi connectivity index (χ0n) is 22.0. The van der Waals surface area contributed by atoms with Crippen LogP contribution in [0.25, 0.3) is 22.3 Å². The third-order valence-corrected chi connectivity index (χ3v) is 7.16. The highest BCUT2D eigenvalue weighted by molar-refractivity contribution is 5.96. The number of nitrogens with zero attached hydrogens (tertiary/aromatic N) is 3. The van der Waals surface area contributed by atoms with Crippen LogP contribution in [0.2, 0.25) is 0 Å². The number of aromatic amines is 1. The molecule has 0 spiro atoms. The number of halogens is 1. The number of para-hydroxylation sites is 1. The van der Waals surface area contributed by atoms with Crippen molar-refractivity contribution in [2.24, 2.45) is 0 Å². The number of phenols is 1. The Morgan fingerprint density at radius 2 is 1.80 bits per heavy atom. The molecule has 1 atom stereocenters. The summed E-state index contributed by atoms with van der Waals surface area (Å²) in [4.78, 5) is 28.4. The van der Waals surface area contributed by atoms with Crippen LogP contribution in [0.4, 0.5) is 10.1 Å². The van der Waals surface area contributed by atoms with E-state index in [9.17, 15) is 14.3 Å². The van der Waals surface area contributed by atoms with Crippen molar-refractivity contribution >= 4 is 22.5 Å². The quantitative estimate of drug-likeness (QED) is 0.251. The smallest absolute Gasteiger partial charge is 0.252 e. The number of phenolic OH excluding ortho intramolecular Hbond substituents is 1. The van der Waals surface area contributed by atoms with E-state index in [4.69, 9.17) is 0 Å². The van der Waals surface area contributed by atoms with E-state index in [-0.39, 0.29) is 17.2 Å². The lowest BCUT2D eigenvalue weighted by Gasteiger charge is -2.28. The van der Waals surface area contributed by atoms with Crippen molar-refractivity contribution < 1.29 is 14.3 Å². The fourth-order valence-electron chi connectivity index (χ4n) is 5.15. The summed E-state index contributed by atoms with van der Waals surface area (Å²) in [7, 11) is 0. The van der Waals surface area contributed by atoms with Crippen LogP contribution in [-0.4, -0.2) is 52.1 Å². The van der Waals surface area contributed by atoms with Crippen LogP contribution in [0.3, 0.4) is 0 Å². The summed E-state index contributed by atoms with van der Waals surface area (Å²) in [5, 5.41) is 17.9. The molecular weight excluding hydrogens is 507 g/mol. The van der Waals surface area contributed by atoms with Crippen LogP contribution in [0.1, 0.15) is 33.2 Å². The lowest BCUT2D eigenvalue weighted by Crippen LogP contribution is -2.43. The Labute approximate surface area is 230 Å². The minimum absolute atomic E-state index is 0.117. The summed E-state index contributed by atoms with van der Waals surface area (Å²) in [6.45, 7) is 5.55. The minimum Gasteiger partial charge on any atom is -0.508 e. The topological polar surface area (TPSA) is 106 Å². The molecule has 202 valence electrons. The van der Waals surface area contributed by atoms with Gasteiger partial charge in [0.25, 0.3) is 5.91 Å². The van der Waals surface area contributed by atoms with E-state index in [2.05, 4.69) is 30.5 Å². The van der Waals surface area contributed by atoms with E-state index in [0.717, 1.165) is 48.3 Å². The number of fused-ring (bicyclic) bond motifs is 1. The molecule has 1 unspecified atom stereocenters. The Hall–Kier alpha value is -4.76. The average Bonchev–Trinajstić information content (AvgIpc) is 3.41. The molecule has 4 N–H and O–H groups in total. The number of aromatic hydroxyl groups is 1. The van der Waals surface area contributed by atoms with Gasteiger partial charge in [-0.1, -0.05) is 18.2 Å². The van der Waals surface area contributed by atoms with Gasteiger partial charge in [-0.2, -0.15) is 0 Å². The van der Waals surface area contributed by atoms with Gasteiger partial charge in [0.1, 0.15) is 11.6 Å². The molecular formula is C31H29FN6O2. The second kappa shape index (κ2) is 10.8. The van der Waals surface area contributed by atoms with E-state index in [1.165, 1.54) is 18.2 Å². The molecule has 1 fully saturated rings. The summed E-state index contributed by atoms with van der Waals surface area (Å²) in [5.41, 5.74) is 4.69. The number of carbonyl (C=O) groups is 1. The van der Waals surface area contributed by atoms with E-state index < -0.39 is 11.9 Å². The molecule has 1 aliphatic heterocycles. The zero-order valence-corrected chi connectivity index (χ0v) is 22.0. The van der Waals surface area contributed by atoms with Gasteiger partial charge in [0.15, 0.2) is 5.82 Å². The van der Waals surface area contributed by atoms with Crippen molar-refractivity contribution in [3.05, 3.63) is 107 Å². The zero-order chi connectivity index (χ0) is 27.6. The lowest BCUT2D eigenvalue weighted by molar-refractivity contribution is 0.0942. The summed E-state index contributed by atoms with van der Waals surface area (Å²) in [5.74, 6) is -0.489. The first-order valence-corrected chi connectivity index (χ1v) is 13.2. The number of rotatable bonds is 6. The van der Waals surface area contributed by atoms with Gasteiger partial charge in [0.05, 0.1) is 24.1 Å². The molecule has 3 heterocycles. The van der Waals surface area contributed by atoms with Crippen LogP contribution < -0.4 is 15.5 Å². The number of hydrogen-bond donors (Lipinski definition) is 4. The molecule has 1 amide bonds. The first kappa shape index (κ1) is 25.5. The maximum absolute atomic E-state index is 14.3. The Bertz CT molecular complexity index is 1640. The summed E-state index contributed by atoms with van der Waals surface area (Å²) < 4.78 is 14.3. The standard InChI is InChI=1S/C31H29FN6O2/c1-19-12-21(30-34-17-24(18-35-30)38-10-8-33-9-11-38)14-22(13-19)31(40)37-29(25-16-23(32)6-7-28(25)39)27-15-20-4-2-3-5-26(20)36-27/h2-7,12-18,29,33,36,39H,8-11H2,1H3,(H,37,40). The van der Waals surface area contributed by atoms with E-state index in [1.54, 1.807) is 12.1 Å². The monoisotopic (exact) mass is 536 g/mol. The number of piperazine rings is 1. The largest absolute Gasteiger partial charge is 0.508 e. The Balaban J connectivity index is 1.32. The fourth-order valence-corrected chi connectivity index (χ4v) is 5.15. The predicted octanol–water partition coefficient (Wildman–Crippen LogP) is 4.71. The second-order valence-electron chi connectivity index (χ2n) is 10.0. The van der Waals surface area contributed by atoms with Crippen LogP contribution in [0, 0.1) is 12.7 Å². The number of amides is 1. The van der Waals surface area contributed by atoms with Crippen LogP contribution >= 0.6 is 0 Å². The van der Waals surface area contributed by atoms with Crippen molar-refractivity contribution in [3.63, 3.8) is 0 Å². The second-order valence-corrected chi connectivity index (χ2v) is 10.0. The van der Waals surface area contributed by atoms with E-state index >= 15 is 0 Å². The third kappa shape index (κ3) is 5.23. The first-order chi connectivity index (χ1) is 19.4. The lowest BCUT2D eigenvalue weighted by atomic mass is 10.0. The molecule has 9 heteroatoms. The van der Waals surface area contributed by atoms with E-state index in [1.807, 2.05) is 55.7 Å². The Kier molecular flexibility index (Phi) is 6.88. The highest BCUT2D eigenvalue weighted by Crippen LogP contribution is 2.32. The number of hydrogen-bond acceptors (Lipinski definition) is 6. The number of aryl methyl sites for hydroxylation is 1. The normalized spacial score (nSPS) is 14.3. The summed E-state index contributed by atoms with van der Waals surface area (Å²) >= 11 is 0. The molecule has 1 saturated heterocycles. The van der Waals surface area contributed by atoms with E-state index in [0.29, 0.717) is 22.6 Å². The Morgan fingerprint density at radius 1 is 1.02 bits per heavy atom. The number of anilines is 1. The van der Waals surface area contributed by atoms with Gasteiger partial charge in [-0.05, 0) is 66.4 Å². The highest BCUT2D eigenvalue weighted by Gasteiger charge is 2.24. The number of benzene rings is 3. The molecule has 0 bridgehead atoms. The van der Waals surface area contributed by atoms with Gasteiger partial charge in [0, 0.05) is 54.1 Å². The molecule has 8 nitrogen and oxygen atoms in total. The van der Waals surface area contributed by atoms with Gasteiger partial charge in [-0.25, -0.2) is 14.4 Å². The molecule has 1 aliphatic rings. The molecule has 6 rings (SSSR count). The van der Waals surface area contributed by atoms with Crippen molar-refractivity contribution in [1.82, 2.24) is 25.6 Å². The molecule has 40 heavy (non-hydrogen) atoms. The van der Waals surface area contributed by atoms with Gasteiger partial charge in [-0.15, -0.1) is 0 Å². The first-order valence-electron chi connectivity index (χ1n) is 13.2. The summed E-state index contributed by atoms with van der Waals surface area (Å²) in [6.07, 6.45) is 3.63.